The van der Waals surface area contributed by atoms with Gasteiger partial charge in [-0.05, 0) is 6.92 Å². The highest BCUT2D eigenvalue weighted by atomic mass is 16.5. The van der Waals surface area contributed by atoms with E-state index in [1.165, 1.54) is 0 Å². The number of methoxy groups -OCH3 is 2. The summed E-state index contributed by atoms with van der Waals surface area (Å²) in [6.07, 6.45) is 0. The van der Waals surface area contributed by atoms with Gasteiger partial charge in [-0.3, -0.25) is 9.59 Å². The quantitative estimate of drug-likeness (QED) is 0.850. The number of amides is 2. The average molecular weight is 320 g/mol. The summed E-state index contributed by atoms with van der Waals surface area (Å²) in [6, 6.07) is 4.88. The molecule has 126 valence electrons. The zero-order valence-corrected chi connectivity index (χ0v) is 14.3. The number of anilines is 1. The Balaban J connectivity index is 2.27. The molecule has 2 rings (SSSR count). The molecule has 1 aliphatic heterocycles. The van der Waals surface area contributed by atoms with Crippen LogP contribution in [0.4, 0.5) is 5.69 Å². The second kappa shape index (κ2) is 6.89. The molecule has 1 aromatic rings. The average Bonchev–Trinajstić information content (AvgIpc) is 2.55. The minimum Gasteiger partial charge on any atom is -0.497 e. The molecule has 1 saturated heterocycles. The van der Waals surface area contributed by atoms with Gasteiger partial charge in [0.2, 0.25) is 11.8 Å². The minimum absolute atomic E-state index is 0.00808. The Hall–Kier alpha value is -2.24. The highest BCUT2D eigenvalue weighted by Crippen LogP contribution is 2.30. The summed E-state index contributed by atoms with van der Waals surface area (Å²) >= 11 is 0. The standard InChI is InChI=1S/C17H24N2O4/c1-11(2)16(20)18-6-7-19(17(21)12(18)3)13-8-14(22-4)10-15(9-13)23-5/h8-12H,6-7H2,1-5H3/t12-/m1/s1. The van der Waals surface area contributed by atoms with Gasteiger partial charge in [-0.2, -0.15) is 0 Å². The molecule has 0 aliphatic carbocycles. The molecule has 0 aromatic heterocycles. The Kier molecular flexibility index (Phi) is 5.13. The maximum absolute atomic E-state index is 12.7. The molecule has 2 amide bonds. The highest BCUT2D eigenvalue weighted by molar-refractivity contribution is 6.00. The number of hydrogen-bond donors (Lipinski definition) is 0. The third-order valence-electron chi connectivity index (χ3n) is 4.08. The molecule has 1 atom stereocenters. The second-order valence-electron chi connectivity index (χ2n) is 5.92. The van der Waals surface area contributed by atoms with Gasteiger partial charge in [-0.15, -0.1) is 0 Å². The highest BCUT2D eigenvalue weighted by Gasteiger charge is 2.35. The summed E-state index contributed by atoms with van der Waals surface area (Å²) in [7, 11) is 3.14. The van der Waals surface area contributed by atoms with E-state index in [1.807, 2.05) is 13.8 Å². The maximum Gasteiger partial charge on any atom is 0.249 e. The van der Waals surface area contributed by atoms with Crippen LogP contribution in [0.2, 0.25) is 0 Å². The number of carbonyl (C=O) groups is 2. The van der Waals surface area contributed by atoms with Crippen molar-refractivity contribution in [2.45, 2.75) is 26.8 Å². The monoisotopic (exact) mass is 320 g/mol. The third-order valence-corrected chi connectivity index (χ3v) is 4.08. The van der Waals surface area contributed by atoms with E-state index in [4.69, 9.17) is 9.47 Å². The van der Waals surface area contributed by atoms with Crippen LogP contribution in [0, 0.1) is 5.92 Å². The molecule has 6 nitrogen and oxygen atoms in total. The van der Waals surface area contributed by atoms with E-state index in [0.29, 0.717) is 24.6 Å². The summed E-state index contributed by atoms with van der Waals surface area (Å²) in [5.41, 5.74) is 0.717. The summed E-state index contributed by atoms with van der Waals surface area (Å²) in [5.74, 6) is 1.05. The summed E-state index contributed by atoms with van der Waals surface area (Å²) in [6.45, 7) is 6.44. The Morgan fingerprint density at radius 2 is 1.70 bits per heavy atom. The van der Waals surface area contributed by atoms with Crippen LogP contribution in [0.15, 0.2) is 18.2 Å². The van der Waals surface area contributed by atoms with Gasteiger partial charge in [-0.1, -0.05) is 13.8 Å². The van der Waals surface area contributed by atoms with Crippen LogP contribution in [0.25, 0.3) is 0 Å². The van der Waals surface area contributed by atoms with E-state index >= 15 is 0 Å². The maximum atomic E-state index is 12.7. The van der Waals surface area contributed by atoms with Gasteiger partial charge in [0.05, 0.1) is 19.9 Å². The molecular weight excluding hydrogens is 296 g/mol. The van der Waals surface area contributed by atoms with Gasteiger partial charge in [-0.25, -0.2) is 0 Å². The number of hydrogen-bond acceptors (Lipinski definition) is 4. The second-order valence-corrected chi connectivity index (χ2v) is 5.92. The number of nitrogens with zero attached hydrogens (tertiary/aromatic N) is 2. The first-order valence-corrected chi connectivity index (χ1v) is 7.74. The molecule has 0 unspecified atom stereocenters. The number of benzene rings is 1. The van der Waals surface area contributed by atoms with E-state index in [1.54, 1.807) is 49.1 Å². The van der Waals surface area contributed by atoms with Crippen LogP contribution in [0.3, 0.4) is 0 Å². The lowest BCUT2D eigenvalue weighted by Gasteiger charge is -2.40. The van der Waals surface area contributed by atoms with Crippen molar-refractivity contribution in [3.8, 4) is 11.5 Å². The largest absolute Gasteiger partial charge is 0.497 e. The zero-order valence-electron chi connectivity index (χ0n) is 14.3. The zero-order chi connectivity index (χ0) is 17.1. The van der Waals surface area contributed by atoms with Gasteiger partial charge < -0.3 is 19.3 Å². The number of rotatable bonds is 4. The van der Waals surface area contributed by atoms with Gasteiger partial charge in [0, 0.05) is 37.2 Å². The van der Waals surface area contributed by atoms with Crippen LogP contribution < -0.4 is 14.4 Å². The SMILES string of the molecule is COc1cc(OC)cc(N2CCN(C(=O)C(C)C)[C@H](C)C2=O)c1. The molecule has 0 spiro atoms. The van der Waals surface area contributed by atoms with Crippen molar-refractivity contribution in [2.75, 3.05) is 32.2 Å². The van der Waals surface area contributed by atoms with Crippen molar-refractivity contribution in [3.05, 3.63) is 18.2 Å². The van der Waals surface area contributed by atoms with Crippen molar-refractivity contribution in [2.24, 2.45) is 5.92 Å². The Morgan fingerprint density at radius 3 is 2.17 bits per heavy atom. The van der Waals surface area contributed by atoms with Crippen molar-refractivity contribution in [3.63, 3.8) is 0 Å². The van der Waals surface area contributed by atoms with Crippen LogP contribution in [-0.4, -0.2) is 50.1 Å². The van der Waals surface area contributed by atoms with Crippen molar-refractivity contribution >= 4 is 17.5 Å². The summed E-state index contributed by atoms with van der Waals surface area (Å²) in [5, 5.41) is 0. The van der Waals surface area contributed by atoms with Crippen molar-refractivity contribution < 1.29 is 19.1 Å². The first kappa shape index (κ1) is 17.1. The molecule has 1 fully saturated rings. The fourth-order valence-electron chi connectivity index (χ4n) is 2.71. The third kappa shape index (κ3) is 3.41. The van der Waals surface area contributed by atoms with E-state index in [9.17, 15) is 9.59 Å². The van der Waals surface area contributed by atoms with E-state index in [-0.39, 0.29) is 17.7 Å². The lowest BCUT2D eigenvalue weighted by molar-refractivity contribution is -0.143. The molecule has 1 aliphatic rings. The number of ether oxygens (including phenoxy) is 2. The lowest BCUT2D eigenvalue weighted by Crippen LogP contribution is -2.58. The van der Waals surface area contributed by atoms with Crippen LogP contribution in [0.1, 0.15) is 20.8 Å². The van der Waals surface area contributed by atoms with E-state index < -0.39 is 6.04 Å². The number of piperazine rings is 1. The summed E-state index contributed by atoms with van der Waals surface area (Å²) < 4.78 is 10.5. The first-order chi connectivity index (χ1) is 10.9. The molecule has 0 bridgehead atoms. The molecule has 6 heteroatoms. The predicted octanol–water partition coefficient (Wildman–Crippen LogP) is 1.92. The fourth-order valence-corrected chi connectivity index (χ4v) is 2.71. The molecule has 23 heavy (non-hydrogen) atoms. The molecule has 0 saturated carbocycles. The van der Waals surface area contributed by atoms with Gasteiger partial charge in [0.25, 0.3) is 0 Å². The van der Waals surface area contributed by atoms with Crippen LogP contribution >= 0.6 is 0 Å². The van der Waals surface area contributed by atoms with Gasteiger partial charge in [0.1, 0.15) is 17.5 Å². The Morgan fingerprint density at radius 1 is 1.13 bits per heavy atom. The molecule has 1 aromatic carbocycles. The molecule has 0 N–H and O–H groups in total. The smallest absolute Gasteiger partial charge is 0.249 e. The predicted molar refractivity (Wildman–Crippen MR) is 87.9 cm³/mol. The fraction of sp³-hybridized carbons (Fsp3) is 0.529. The van der Waals surface area contributed by atoms with Crippen molar-refractivity contribution in [1.82, 2.24) is 4.90 Å². The molecule has 0 radical (unpaired) electrons. The van der Waals surface area contributed by atoms with Crippen LogP contribution in [-0.2, 0) is 9.59 Å². The Bertz CT molecular complexity index is 578. The van der Waals surface area contributed by atoms with Crippen LogP contribution in [0.5, 0.6) is 11.5 Å². The van der Waals surface area contributed by atoms with E-state index in [0.717, 1.165) is 5.69 Å². The van der Waals surface area contributed by atoms with Gasteiger partial charge in [0.15, 0.2) is 0 Å². The Labute approximate surface area is 137 Å². The van der Waals surface area contributed by atoms with Crippen molar-refractivity contribution in [1.29, 1.82) is 0 Å². The van der Waals surface area contributed by atoms with E-state index in [2.05, 4.69) is 0 Å². The first-order valence-electron chi connectivity index (χ1n) is 7.74. The normalized spacial score (nSPS) is 18.3. The topological polar surface area (TPSA) is 59.1 Å². The molecular formula is C17H24N2O4. The number of carbonyl (C=O) groups excluding carboxylic acids is 2. The van der Waals surface area contributed by atoms with Gasteiger partial charge >= 0.3 is 0 Å². The lowest BCUT2D eigenvalue weighted by atomic mass is 10.1. The molecule has 1 heterocycles. The minimum atomic E-state index is -0.476. The summed E-state index contributed by atoms with van der Waals surface area (Å²) in [4.78, 5) is 28.3.